The van der Waals surface area contributed by atoms with Gasteiger partial charge >= 0.3 is 0 Å². The molecule has 0 saturated carbocycles. The molecule has 20 heavy (non-hydrogen) atoms. The third kappa shape index (κ3) is 4.80. The molecule has 0 fully saturated rings. The first-order chi connectivity index (χ1) is 9.49. The number of carbonyl (C=O) groups excluding carboxylic acids is 1. The van der Waals surface area contributed by atoms with Crippen molar-refractivity contribution in [2.24, 2.45) is 5.92 Å². The van der Waals surface area contributed by atoms with E-state index >= 15 is 0 Å². The summed E-state index contributed by atoms with van der Waals surface area (Å²) in [5.41, 5.74) is 0.526. The van der Waals surface area contributed by atoms with Crippen molar-refractivity contribution in [2.45, 2.75) is 26.8 Å². The second-order valence-corrected chi connectivity index (χ2v) is 5.74. The van der Waals surface area contributed by atoms with Crippen LogP contribution in [0.25, 0.3) is 0 Å². The smallest absolute Gasteiger partial charge is 0.255 e. The molecule has 1 rings (SSSR count). The molecule has 1 unspecified atom stereocenters. The van der Waals surface area contributed by atoms with Gasteiger partial charge in [0, 0.05) is 11.1 Å². The van der Waals surface area contributed by atoms with Gasteiger partial charge < -0.3 is 14.8 Å². The van der Waals surface area contributed by atoms with Crippen molar-refractivity contribution in [1.82, 2.24) is 5.32 Å². The predicted molar refractivity (Wildman–Crippen MR) is 83.3 cm³/mol. The number of rotatable bonds is 7. The highest BCUT2D eigenvalue weighted by atomic mass is 79.9. The fraction of sp³-hybridized carbons (Fsp3) is 0.533. The Kier molecular flexibility index (Phi) is 7.02. The van der Waals surface area contributed by atoms with Crippen molar-refractivity contribution in [1.29, 1.82) is 0 Å². The summed E-state index contributed by atoms with van der Waals surface area (Å²) in [5, 5.41) is 3.00. The third-order valence-electron chi connectivity index (χ3n) is 3.03. The molecule has 0 heterocycles. The summed E-state index contributed by atoms with van der Waals surface area (Å²) >= 11 is 3.36. The Morgan fingerprint density at radius 2 is 2.10 bits per heavy atom. The van der Waals surface area contributed by atoms with E-state index in [1.807, 2.05) is 13.0 Å². The topological polar surface area (TPSA) is 47.6 Å². The first-order valence-corrected chi connectivity index (χ1v) is 7.51. The van der Waals surface area contributed by atoms with Crippen LogP contribution in [-0.2, 0) is 4.74 Å². The molecule has 1 atom stereocenters. The Hall–Kier alpha value is -1.07. The number of amides is 1. The Labute approximate surface area is 129 Å². The number of ether oxygens (including phenoxy) is 2. The summed E-state index contributed by atoms with van der Waals surface area (Å²) < 4.78 is 11.5. The molecule has 1 aromatic rings. The van der Waals surface area contributed by atoms with Crippen molar-refractivity contribution in [3.8, 4) is 5.75 Å². The third-order valence-corrected chi connectivity index (χ3v) is 3.52. The first-order valence-electron chi connectivity index (χ1n) is 6.71. The van der Waals surface area contributed by atoms with Gasteiger partial charge in [0.2, 0.25) is 0 Å². The standard InChI is InChI=1S/C15H22BrNO3/c1-5-20-9-13(10(2)3)17-15(18)12-7-6-11(16)8-14(12)19-4/h6-8,10,13H,5,9H2,1-4H3,(H,17,18). The van der Waals surface area contributed by atoms with E-state index in [1.165, 1.54) is 0 Å². The highest BCUT2D eigenvalue weighted by Crippen LogP contribution is 2.23. The van der Waals surface area contributed by atoms with Gasteiger partial charge in [-0.05, 0) is 31.0 Å². The molecule has 0 aliphatic carbocycles. The van der Waals surface area contributed by atoms with Gasteiger partial charge in [-0.3, -0.25) is 4.79 Å². The SMILES string of the molecule is CCOCC(NC(=O)c1ccc(Br)cc1OC)C(C)C. The van der Waals surface area contributed by atoms with E-state index in [1.54, 1.807) is 19.2 Å². The summed E-state index contributed by atoms with van der Waals surface area (Å²) in [6.07, 6.45) is 0. The summed E-state index contributed by atoms with van der Waals surface area (Å²) in [6.45, 7) is 7.21. The average Bonchev–Trinajstić information content (AvgIpc) is 2.42. The van der Waals surface area contributed by atoms with Gasteiger partial charge in [0.15, 0.2) is 0 Å². The zero-order valence-corrected chi connectivity index (χ0v) is 14.0. The number of halogens is 1. The molecule has 0 aliphatic heterocycles. The number of methoxy groups -OCH3 is 1. The molecule has 0 aromatic heterocycles. The maximum atomic E-state index is 12.4. The molecule has 0 radical (unpaired) electrons. The number of hydrogen-bond donors (Lipinski definition) is 1. The monoisotopic (exact) mass is 343 g/mol. The van der Waals surface area contributed by atoms with Crippen LogP contribution >= 0.6 is 15.9 Å². The molecule has 5 heteroatoms. The van der Waals surface area contributed by atoms with Gasteiger partial charge in [-0.15, -0.1) is 0 Å². The van der Waals surface area contributed by atoms with E-state index in [0.717, 1.165) is 4.47 Å². The Morgan fingerprint density at radius 3 is 2.65 bits per heavy atom. The van der Waals surface area contributed by atoms with Gasteiger partial charge in [-0.1, -0.05) is 29.8 Å². The van der Waals surface area contributed by atoms with Crippen LogP contribution in [0.4, 0.5) is 0 Å². The minimum Gasteiger partial charge on any atom is -0.496 e. The highest BCUT2D eigenvalue weighted by molar-refractivity contribution is 9.10. The molecule has 112 valence electrons. The lowest BCUT2D eigenvalue weighted by Crippen LogP contribution is -2.42. The van der Waals surface area contributed by atoms with Gasteiger partial charge in [0.05, 0.1) is 25.3 Å². The Bertz CT molecular complexity index is 449. The number of carbonyl (C=O) groups is 1. The molecule has 0 saturated heterocycles. The van der Waals surface area contributed by atoms with E-state index in [4.69, 9.17) is 9.47 Å². The zero-order valence-electron chi connectivity index (χ0n) is 12.4. The second kappa shape index (κ2) is 8.27. The minimum atomic E-state index is -0.146. The van der Waals surface area contributed by atoms with Gasteiger partial charge in [-0.25, -0.2) is 0 Å². The fourth-order valence-corrected chi connectivity index (χ4v) is 2.08. The van der Waals surface area contributed by atoms with Crippen LogP contribution in [0.3, 0.4) is 0 Å². The van der Waals surface area contributed by atoms with Crippen LogP contribution in [0.5, 0.6) is 5.75 Å². The molecule has 0 bridgehead atoms. The van der Waals surface area contributed by atoms with Crippen molar-refractivity contribution in [3.05, 3.63) is 28.2 Å². The second-order valence-electron chi connectivity index (χ2n) is 4.83. The van der Waals surface area contributed by atoms with Crippen molar-refractivity contribution < 1.29 is 14.3 Å². The Morgan fingerprint density at radius 1 is 1.40 bits per heavy atom. The number of nitrogens with one attached hydrogen (secondary N) is 1. The van der Waals surface area contributed by atoms with E-state index in [0.29, 0.717) is 30.4 Å². The van der Waals surface area contributed by atoms with Crippen molar-refractivity contribution >= 4 is 21.8 Å². The summed E-state index contributed by atoms with van der Waals surface area (Å²) in [6, 6.07) is 5.33. The predicted octanol–water partition coefficient (Wildman–Crippen LogP) is 3.25. The molecule has 4 nitrogen and oxygen atoms in total. The molecule has 0 aliphatic rings. The minimum absolute atomic E-state index is 0.0178. The van der Waals surface area contributed by atoms with Crippen LogP contribution in [0.1, 0.15) is 31.1 Å². The molecule has 1 aromatic carbocycles. The quantitative estimate of drug-likeness (QED) is 0.826. The summed E-state index contributed by atoms with van der Waals surface area (Å²) in [7, 11) is 1.55. The number of hydrogen-bond acceptors (Lipinski definition) is 3. The largest absolute Gasteiger partial charge is 0.496 e. The van der Waals surface area contributed by atoms with Crippen LogP contribution in [0, 0.1) is 5.92 Å². The maximum Gasteiger partial charge on any atom is 0.255 e. The van der Waals surface area contributed by atoms with Crippen LogP contribution in [0.15, 0.2) is 22.7 Å². The van der Waals surface area contributed by atoms with E-state index in [2.05, 4.69) is 35.1 Å². The van der Waals surface area contributed by atoms with Crippen LogP contribution < -0.4 is 10.1 Å². The van der Waals surface area contributed by atoms with E-state index in [-0.39, 0.29) is 11.9 Å². The van der Waals surface area contributed by atoms with Gasteiger partial charge in [0.25, 0.3) is 5.91 Å². The molecular weight excluding hydrogens is 322 g/mol. The molecular formula is C15H22BrNO3. The lowest BCUT2D eigenvalue weighted by Gasteiger charge is -2.22. The summed E-state index contributed by atoms with van der Waals surface area (Å²) in [4.78, 5) is 12.4. The lowest BCUT2D eigenvalue weighted by molar-refractivity contribution is 0.0803. The molecule has 0 spiro atoms. The lowest BCUT2D eigenvalue weighted by atomic mass is 10.0. The Balaban J connectivity index is 2.83. The first kappa shape index (κ1) is 17.0. The van der Waals surface area contributed by atoms with Crippen LogP contribution in [0.2, 0.25) is 0 Å². The summed E-state index contributed by atoms with van der Waals surface area (Å²) in [5.74, 6) is 0.704. The maximum absolute atomic E-state index is 12.4. The fourth-order valence-electron chi connectivity index (χ4n) is 1.74. The van der Waals surface area contributed by atoms with Crippen molar-refractivity contribution in [2.75, 3.05) is 20.3 Å². The van der Waals surface area contributed by atoms with Gasteiger partial charge in [0.1, 0.15) is 5.75 Å². The average molecular weight is 344 g/mol. The van der Waals surface area contributed by atoms with Crippen LogP contribution in [-0.4, -0.2) is 32.3 Å². The van der Waals surface area contributed by atoms with Crippen molar-refractivity contribution in [3.63, 3.8) is 0 Å². The molecule has 1 amide bonds. The van der Waals surface area contributed by atoms with E-state index in [9.17, 15) is 4.79 Å². The van der Waals surface area contributed by atoms with E-state index < -0.39 is 0 Å². The number of benzene rings is 1. The highest BCUT2D eigenvalue weighted by Gasteiger charge is 2.19. The molecule has 1 N–H and O–H groups in total. The normalized spacial score (nSPS) is 12.3. The zero-order chi connectivity index (χ0) is 15.1. The van der Waals surface area contributed by atoms with Gasteiger partial charge in [-0.2, -0.15) is 0 Å².